The normalized spacial score (nSPS) is 10.2. The summed E-state index contributed by atoms with van der Waals surface area (Å²) < 4.78 is 5.02. The number of hydrogen-bond acceptors (Lipinski definition) is 6. The number of rotatable bonds is 7. The van der Waals surface area contributed by atoms with E-state index >= 15 is 0 Å². The summed E-state index contributed by atoms with van der Waals surface area (Å²) in [5.74, 6) is -0.889. The topological polar surface area (TPSA) is 93.2 Å². The zero-order chi connectivity index (χ0) is 19.8. The molecule has 0 fully saturated rings. The monoisotopic (exact) mass is 376 g/mol. The largest absolute Gasteiger partial charge is 0.462 e. The van der Waals surface area contributed by atoms with Gasteiger partial charge in [-0.05, 0) is 48.9 Å². The number of carbonyl (C=O) groups is 2. The van der Waals surface area contributed by atoms with Crippen LogP contribution in [-0.4, -0.2) is 28.5 Å². The molecular formula is C21H20N4O3. The van der Waals surface area contributed by atoms with Gasteiger partial charge in [-0.3, -0.25) is 9.78 Å². The summed E-state index contributed by atoms with van der Waals surface area (Å²) in [6.45, 7) is 2.62. The molecule has 1 aromatic carbocycles. The SMILES string of the molecule is CCOC(=O)c1ccccc1NC(=O)c1ccc(NCc2ccncc2)cn1. The summed E-state index contributed by atoms with van der Waals surface area (Å²) in [5.41, 5.74) is 2.81. The van der Waals surface area contributed by atoms with Gasteiger partial charge >= 0.3 is 5.97 Å². The summed E-state index contributed by atoms with van der Waals surface area (Å²) >= 11 is 0. The molecule has 3 rings (SSSR count). The van der Waals surface area contributed by atoms with Crippen molar-refractivity contribution in [2.75, 3.05) is 17.2 Å². The second-order valence-corrected chi connectivity index (χ2v) is 5.86. The van der Waals surface area contributed by atoms with Crippen LogP contribution >= 0.6 is 0 Å². The van der Waals surface area contributed by atoms with Crippen molar-refractivity contribution in [2.24, 2.45) is 0 Å². The number of benzene rings is 1. The molecule has 2 heterocycles. The molecule has 0 atom stereocenters. The van der Waals surface area contributed by atoms with E-state index in [0.29, 0.717) is 17.8 Å². The van der Waals surface area contributed by atoms with Crippen LogP contribution < -0.4 is 10.6 Å². The van der Waals surface area contributed by atoms with Crippen molar-refractivity contribution >= 4 is 23.3 Å². The van der Waals surface area contributed by atoms with Gasteiger partial charge in [-0.1, -0.05) is 12.1 Å². The Bertz CT molecular complexity index is 943. The van der Waals surface area contributed by atoms with E-state index in [1.807, 2.05) is 12.1 Å². The molecule has 0 aliphatic heterocycles. The second kappa shape index (κ2) is 9.27. The molecule has 0 spiro atoms. The highest BCUT2D eigenvalue weighted by Crippen LogP contribution is 2.17. The molecule has 0 aliphatic rings. The number of pyridine rings is 2. The average molecular weight is 376 g/mol. The number of carbonyl (C=O) groups excluding carboxylic acids is 2. The zero-order valence-electron chi connectivity index (χ0n) is 15.4. The van der Waals surface area contributed by atoms with E-state index in [9.17, 15) is 9.59 Å². The summed E-state index contributed by atoms with van der Waals surface area (Å²) in [6.07, 6.45) is 5.06. The van der Waals surface area contributed by atoms with Crippen molar-refractivity contribution in [2.45, 2.75) is 13.5 Å². The van der Waals surface area contributed by atoms with E-state index in [1.54, 1.807) is 61.9 Å². The van der Waals surface area contributed by atoms with Gasteiger partial charge in [-0.2, -0.15) is 0 Å². The predicted octanol–water partition coefficient (Wildman–Crippen LogP) is 3.52. The number of hydrogen-bond donors (Lipinski definition) is 2. The third kappa shape index (κ3) is 4.91. The molecule has 0 unspecified atom stereocenters. The third-order valence-corrected chi connectivity index (χ3v) is 3.91. The Kier molecular flexibility index (Phi) is 6.30. The molecule has 7 nitrogen and oxygen atoms in total. The first-order valence-corrected chi connectivity index (χ1v) is 8.83. The summed E-state index contributed by atoms with van der Waals surface area (Å²) in [4.78, 5) is 32.7. The van der Waals surface area contributed by atoms with Gasteiger partial charge in [0.05, 0.1) is 29.7 Å². The van der Waals surface area contributed by atoms with Crippen molar-refractivity contribution in [3.63, 3.8) is 0 Å². The standard InChI is InChI=1S/C21H20N4O3/c1-2-28-21(27)17-5-3-4-6-18(17)25-20(26)19-8-7-16(14-24-19)23-13-15-9-11-22-12-10-15/h3-12,14,23H,2,13H2,1H3,(H,25,26). The predicted molar refractivity (Wildman–Crippen MR) is 106 cm³/mol. The van der Waals surface area contributed by atoms with Gasteiger partial charge in [0.25, 0.3) is 5.91 Å². The first kappa shape index (κ1) is 19.0. The molecule has 0 saturated carbocycles. The molecule has 142 valence electrons. The molecule has 2 aromatic heterocycles. The van der Waals surface area contributed by atoms with E-state index in [0.717, 1.165) is 11.3 Å². The van der Waals surface area contributed by atoms with Gasteiger partial charge < -0.3 is 15.4 Å². The molecule has 2 N–H and O–H groups in total. The van der Waals surface area contributed by atoms with Crippen molar-refractivity contribution < 1.29 is 14.3 Å². The van der Waals surface area contributed by atoms with Crippen LogP contribution in [0.15, 0.2) is 67.1 Å². The van der Waals surface area contributed by atoms with Crippen LogP contribution in [0.25, 0.3) is 0 Å². The maximum atomic E-state index is 12.5. The van der Waals surface area contributed by atoms with Crippen molar-refractivity contribution in [3.05, 3.63) is 83.9 Å². The maximum Gasteiger partial charge on any atom is 0.340 e. The molecule has 3 aromatic rings. The zero-order valence-corrected chi connectivity index (χ0v) is 15.4. The lowest BCUT2D eigenvalue weighted by molar-refractivity contribution is 0.0527. The molecule has 0 bridgehead atoms. The van der Waals surface area contributed by atoms with Crippen LogP contribution in [0.5, 0.6) is 0 Å². The van der Waals surface area contributed by atoms with E-state index in [4.69, 9.17) is 4.74 Å². The first-order valence-electron chi connectivity index (χ1n) is 8.83. The van der Waals surface area contributed by atoms with Crippen molar-refractivity contribution in [1.82, 2.24) is 9.97 Å². The van der Waals surface area contributed by atoms with Gasteiger partial charge in [-0.25, -0.2) is 9.78 Å². The van der Waals surface area contributed by atoms with Gasteiger partial charge in [-0.15, -0.1) is 0 Å². The van der Waals surface area contributed by atoms with Gasteiger partial charge in [0.2, 0.25) is 0 Å². The quantitative estimate of drug-likeness (QED) is 0.613. The summed E-state index contributed by atoms with van der Waals surface area (Å²) in [7, 11) is 0. The molecule has 0 saturated heterocycles. The lowest BCUT2D eigenvalue weighted by Gasteiger charge is -2.10. The molecule has 7 heteroatoms. The average Bonchev–Trinajstić information content (AvgIpc) is 2.74. The fraction of sp³-hybridized carbons (Fsp3) is 0.143. The minimum atomic E-state index is -0.484. The van der Waals surface area contributed by atoms with Gasteiger partial charge in [0, 0.05) is 18.9 Å². The van der Waals surface area contributed by atoms with Crippen molar-refractivity contribution in [3.8, 4) is 0 Å². The lowest BCUT2D eigenvalue weighted by Crippen LogP contribution is -2.17. The van der Waals surface area contributed by atoms with Crippen LogP contribution in [0.3, 0.4) is 0 Å². The highest BCUT2D eigenvalue weighted by molar-refractivity contribution is 6.07. The Morgan fingerprint density at radius 3 is 2.54 bits per heavy atom. The van der Waals surface area contributed by atoms with E-state index in [2.05, 4.69) is 20.6 Å². The first-order chi connectivity index (χ1) is 13.7. The van der Waals surface area contributed by atoms with E-state index in [1.165, 1.54) is 0 Å². The minimum Gasteiger partial charge on any atom is -0.462 e. The van der Waals surface area contributed by atoms with E-state index in [-0.39, 0.29) is 12.3 Å². The maximum absolute atomic E-state index is 12.5. The van der Waals surface area contributed by atoms with Gasteiger partial charge in [0.15, 0.2) is 0 Å². The Balaban J connectivity index is 1.65. The number of amides is 1. The Labute approximate surface area is 162 Å². The number of para-hydroxylation sites is 1. The molecule has 0 radical (unpaired) electrons. The minimum absolute atomic E-state index is 0.244. The molecule has 28 heavy (non-hydrogen) atoms. The fourth-order valence-electron chi connectivity index (χ4n) is 2.50. The summed E-state index contributed by atoms with van der Waals surface area (Å²) in [5, 5.41) is 5.95. The number of anilines is 2. The third-order valence-electron chi connectivity index (χ3n) is 3.91. The Morgan fingerprint density at radius 1 is 1.04 bits per heavy atom. The summed E-state index contributed by atoms with van der Waals surface area (Å²) in [6, 6.07) is 13.9. The van der Waals surface area contributed by atoms with Crippen molar-refractivity contribution in [1.29, 1.82) is 0 Å². The molecule has 1 amide bonds. The number of aromatic nitrogens is 2. The molecule has 0 aliphatic carbocycles. The Morgan fingerprint density at radius 2 is 1.82 bits per heavy atom. The van der Waals surface area contributed by atoms with Crippen LogP contribution in [-0.2, 0) is 11.3 Å². The highest BCUT2D eigenvalue weighted by atomic mass is 16.5. The van der Waals surface area contributed by atoms with Crippen LogP contribution in [0.4, 0.5) is 11.4 Å². The van der Waals surface area contributed by atoms with Crippen LogP contribution in [0.2, 0.25) is 0 Å². The number of nitrogens with zero attached hydrogens (tertiary/aromatic N) is 2. The Hall–Kier alpha value is -3.74. The number of ether oxygens (including phenoxy) is 1. The van der Waals surface area contributed by atoms with Crippen LogP contribution in [0, 0.1) is 0 Å². The molecular weight excluding hydrogens is 356 g/mol. The fourth-order valence-corrected chi connectivity index (χ4v) is 2.50. The number of esters is 1. The lowest BCUT2D eigenvalue weighted by atomic mass is 10.1. The van der Waals surface area contributed by atoms with Crippen LogP contribution in [0.1, 0.15) is 33.3 Å². The second-order valence-electron chi connectivity index (χ2n) is 5.86. The number of nitrogens with one attached hydrogen (secondary N) is 2. The van der Waals surface area contributed by atoms with E-state index < -0.39 is 11.9 Å². The highest BCUT2D eigenvalue weighted by Gasteiger charge is 2.15. The smallest absolute Gasteiger partial charge is 0.340 e. The van der Waals surface area contributed by atoms with Gasteiger partial charge in [0.1, 0.15) is 5.69 Å².